The number of likely N-dealkylation sites (tertiary alicyclic amines) is 1. The highest BCUT2D eigenvalue weighted by Gasteiger charge is 2.41. The minimum Gasteiger partial charge on any atom is -0.508 e. The van der Waals surface area contributed by atoms with Crippen LogP contribution in [-0.2, 0) is 59.2 Å². The van der Waals surface area contributed by atoms with Crippen LogP contribution >= 0.6 is 0 Å². The van der Waals surface area contributed by atoms with Crippen LogP contribution in [0.15, 0.2) is 97.1 Å². The Morgan fingerprint density at radius 3 is 1.75 bits per heavy atom. The number of carboxylic acids is 2. The number of benzene rings is 4. The molecule has 0 saturated carbocycles. The van der Waals surface area contributed by atoms with E-state index in [9.17, 15) is 54.0 Å². The van der Waals surface area contributed by atoms with Crippen molar-refractivity contribution in [2.24, 2.45) is 17.2 Å². The fraction of sp³-hybridized carbons (Fsp3) is 0.415. The molecule has 20 heteroatoms. The van der Waals surface area contributed by atoms with E-state index >= 15 is 0 Å². The smallest absolute Gasteiger partial charge is 0.328 e. The van der Waals surface area contributed by atoms with Gasteiger partial charge in [0.1, 0.15) is 36.0 Å². The van der Waals surface area contributed by atoms with E-state index in [0.29, 0.717) is 42.4 Å². The Balaban J connectivity index is 1.34. The van der Waals surface area contributed by atoms with Gasteiger partial charge in [-0.1, -0.05) is 91.0 Å². The van der Waals surface area contributed by atoms with E-state index in [1.807, 2.05) is 54.6 Å². The molecule has 73 heavy (non-hydrogen) atoms. The SMILES string of the molecule is C[C@@H](O)[C@H](NC(=O)[C@H](CCCCN)NC(=O)[C@@H]1CCCN1C(=O)[C@@H](NC(=O)[C@H](Cc1ccc(O)c(Cc2ccccc2)c1)NC(=O)[C@@H](N)Cc1ccc(-c2ccc(C[C@H](N)C(=O)O)cc2)cc1)[C@@H](C)O)C(=O)O. The molecule has 0 spiro atoms. The standard InChI is InChI=1S/C53H68N8O12/c1-30(62)45(51(69)61-24-8-12-43(61)50(68)57-41(11-6-7-23-54)48(66)60-46(31(2)63)53(72)73)59-49(67)42(29-35-17-22-44(64)38(26-35)25-32-9-4-3-5-10-32)58-47(65)39(55)27-33-13-18-36(19-14-33)37-20-15-34(16-21-37)28-40(56)52(70)71/h3-5,9-10,13-22,26,30-31,39-43,45-46,62-64H,6-8,11-12,23-25,27-29,54-56H2,1-2H3,(H,57,68)(H,58,65)(H,59,67)(H,60,66)(H,70,71)(H,72,73)/t30-,31-,39+,40+,41+,42+,43+,45+,46+/m1/s1. The number of hydrogen-bond donors (Lipinski definition) is 12. The van der Waals surface area contributed by atoms with E-state index in [4.69, 9.17) is 22.3 Å². The number of hydrogen-bond acceptors (Lipinski definition) is 13. The second-order valence-corrected chi connectivity index (χ2v) is 18.6. The lowest BCUT2D eigenvalue weighted by molar-refractivity contribution is -0.146. The van der Waals surface area contributed by atoms with Crippen LogP contribution in [0.25, 0.3) is 11.1 Å². The van der Waals surface area contributed by atoms with Crippen molar-refractivity contribution in [3.8, 4) is 16.9 Å². The Morgan fingerprint density at radius 2 is 1.19 bits per heavy atom. The number of aliphatic hydroxyl groups excluding tert-OH is 2. The fourth-order valence-corrected chi connectivity index (χ4v) is 8.60. The van der Waals surface area contributed by atoms with Crippen molar-refractivity contribution >= 4 is 41.5 Å². The third kappa shape index (κ3) is 16.4. The second kappa shape index (κ2) is 27.0. The number of rotatable bonds is 26. The summed E-state index contributed by atoms with van der Waals surface area (Å²) in [4.78, 5) is 94.0. The Hall–Kier alpha value is -7.23. The first kappa shape index (κ1) is 56.7. The molecule has 4 aromatic rings. The highest BCUT2D eigenvalue weighted by molar-refractivity contribution is 5.97. The van der Waals surface area contributed by atoms with Gasteiger partial charge in [0.15, 0.2) is 6.04 Å². The van der Waals surface area contributed by atoms with Crippen LogP contribution in [0, 0.1) is 0 Å². The number of nitrogens with zero attached hydrogens (tertiary/aromatic N) is 1. The van der Waals surface area contributed by atoms with Crippen molar-refractivity contribution in [2.75, 3.05) is 13.1 Å². The van der Waals surface area contributed by atoms with Crippen LogP contribution in [0.3, 0.4) is 0 Å². The molecule has 15 N–H and O–H groups in total. The third-order valence-electron chi connectivity index (χ3n) is 12.8. The molecule has 9 atom stereocenters. The molecule has 5 rings (SSSR count). The number of carbonyl (C=O) groups is 7. The first-order valence-corrected chi connectivity index (χ1v) is 24.3. The summed E-state index contributed by atoms with van der Waals surface area (Å²) in [5, 5.41) is 60.7. The van der Waals surface area contributed by atoms with Gasteiger partial charge in [0.2, 0.25) is 29.5 Å². The molecule has 1 fully saturated rings. The maximum atomic E-state index is 14.4. The molecular weight excluding hydrogens is 941 g/mol. The molecule has 1 aliphatic heterocycles. The quantitative estimate of drug-likeness (QED) is 0.0384. The van der Waals surface area contributed by atoms with Gasteiger partial charge in [0.25, 0.3) is 0 Å². The molecule has 1 heterocycles. The van der Waals surface area contributed by atoms with Crippen molar-refractivity contribution in [1.82, 2.24) is 26.2 Å². The van der Waals surface area contributed by atoms with Crippen LogP contribution in [-0.4, -0.2) is 139 Å². The van der Waals surface area contributed by atoms with Gasteiger partial charge in [-0.15, -0.1) is 0 Å². The van der Waals surface area contributed by atoms with Gasteiger partial charge in [0, 0.05) is 19.4 Å². The molecule has 0 unspecified atom stereocenters. The summed E-state index contributed by atoms with van der Waals surface area (Å²) in [6, 6.07) is 19.5. The Kier molecular flexibility index (Phi) is 21.0. The third-order valence-corrected chi connectivity index (χ3v) is 12.8. The summed E-state index contributed by atoms with van der Waals surface area (Å²) in [5.41, 5.74) is 23.0. The molecule has 0 bridgehead atoms. The van der Waals surface area contributed by atoms with Crippen molar-refractivity contribution in [3.63, 3.8) is 0 Å². The molecular formula is C53H68N8O12. The first-order chi connectivity index (χ1) is 34.8. The molecule has 1 saturated heterocycles. The Labute approximate surface area is 423 Å². The second-order valence-electron chi connectivity index (χ2n) is 18.6. The lowest BCUT2D eigenvalue weighted by Crippen LogP contribution is -2.61. The molecule has 5 amide bonds. The zero-order valence-electron chi connectivity index (χ0n) is 41.0. The van der Waals surface area contributed by atoms with Crippen LogP contribution in [0.2, 0.25) is 0 Å². The Bertz CT molecular complexity index is 2530. The number of amides is 5. The number of carbonyl (C=O) groups excluding carboxylic acids is 5. The van der Waals surface area contributed by atoms with Crippen LogP contribution in [0.5, 0.6) is 5.75 Å². The predicted octanol–water partition coefficient (Wildman–Crippen LogP) is 0.622. The van der Waals surface area contributed by atoms with Crippen molar-refractivity contribution in [2.45, 2.75) is 126 Å². The molecule has 392 valence electrons. The number of carboxylic acid groups (broad SMARTS) is 2. The zero-order chi connectivity index (χ0) is 53.4. The minimum atomic E-state index is -1.66. The number of aliphatic carboxylic acids is 2. The minimum absolute atomic E-state index is 0.0128. The van der Waals surface area contributed by atoms with Crippen LogP contribution in [0.1, 0.15) is 73.8 Å². The lowest BCUT2D eigenvalue weighted by atomic mass is 9.97. The number of nitrogens with two attached hydrogens (primary N) is 3. The molecule has 20 nitrogen and oxygen atoms in total. The molecule has 0 aliphatic carbocycles. The summed E-state index contributed by atoms with van der Waals surface area (Å²) >= 11 is 0. The number of aliphatic hydroxyl groups is 2. The number of nitrogens with one attached hydrogen (secondary N) is 4. The van der Waals surface area contributed by atoms with Gasteiger partial charge in [-0.2, -0.15) is 0 Å². The normalized spacial score (nSPS) is 16.6. The fourth-order valence-electron chi connectivity index (χ4n) is 8.60. The van der Waals surface area contributed by atoms with Crippen LogP contribution in [0.4, 0.5) is 0 Å². The average Bonchev–Trinajstić information content (AvgIpc) is 3.86. The summed E-state index contributed by atoms with van der Waals surface area (Å²) in [6.07, 6.45) is -1.07. The van der Waals surface area contributed by atoms with E-state index in [0.717, 1.165) is 22.3 Å². The van der Waals surface area contributed by atoms with Crippen molar-refractivity contribution in [3.05, 3.63) is 125 Å². The topological polar surface area (TPSA) is 350 Å². The summed E-state index contributed by atoms with van der Waals surface area (Å²) in [6.45, 7) is 2.81. The number of unbranched alkanes of at least 4 members (excludes halogenated alkanes) is 1. The van der Waals surface area contributed by atoms with Crippen molar-refractivity contribution < 1.29 is 59.1 Å². The summed E-state index contributed by atoms with van der Waals surface area (Å²) < 4.78 is 0. The predicted molar refractivity (Wildman–Crippen MR) is 270 cm³/mol. The first-order valence-electron chi connectivity index (χ1n) is 24.3. The maximum absolute atomic E-state index is 14.4. The van der Waals surface area contributed by atoms with E-state index in [-0.39, 0.29) is 50.9 Å². The van der Waals surface area contributed by atoms with E-state index in [1.54, 1.807) is 36.4 Å². The summed E-state index contributed by atoms with van der Waals surface area (Å²) in [5.74, 6) is -6.54. The highest BCUT2D eigenvalue weighted by atomic mass is 16.4. The molecule has 0 radical (unpaired) electrons. The zero-order valence-corrected chi connectivity index (χ0v) is 41.0. The van der Waals surface area contributed by atoms with Gasteiger partial charge < -0.3 is 68.9 Å². The molecule has 1 aliphatic rings. The Morgan fingerprint density at radius 1 is 0.630 bits per heavy atom. The van der Waals surface area contributed by atoms with E-state index in [1.165, 1.54) is 24.8 Å². The maximum Gasteiger partial charge on any atom is 0.328 e. The van der Waals surface area contributed by atoms with Gasteiger partial charge in [0.05, 0.1) is 18.2 Å². The monoisotopic (exact) mass is 1010 g/mol. The average molecular weight is 1010 g/mol. The van der Waals surface area contributed by atoms with Gasteiger partial charge in [-0.05, 0) is 110 Å². The van der Waals surface area contributed by atoms with Crippen molar-refractivity contribution in [1.29, 1.82) is 0 Å². The molecule has 4 aromatic carbocycles. The van der Waals surface area contributed by atoms with Gasteiger partial charge in [-0.25, -0.2) is 4.79 Å². The molecule has 0 aromatic heterocycles. The lowest BCUT2D eigenvalue weighted by Gasteiger charge is -2.32. The number of aromatic hydroxyl groups is 1. The van der Waals surface area contributed by atoms with E-state index in [2.05, 4.69) is 21.3 Å². The largest absolute Gasteiger partial charge is 0.508 e. The summed E-state index contributed by atoms with van der Waals surface area (Å²) in [7, 11) is 0. The van der Waals surface area contributed by atoms with Crippen LogP contribution < -0.4 is 38.5 Å². The van der Waals surface area contributed by atoms with Gasteiger partial charge in [-0.3, -0.25) is 28.8 Å². The number of phenolic OH excluding ortho intramolecular Hbond substituents is 1. The number of phenols is 1. The van der Waals surface area contributed by atoms with E-state index < -0.39 is 96.0 Å². The highest BCUT2D eigenvalue weighted by Crippen LogP contribution is 2.25. The van der Waals surface area contributed by atoms with Gasteiger partial charge >= 0.3 is 11.9 Å².